The number of aromatic amines is 1. The summed E-state index contributed by atoms with van der Waals surface area (Å²) >= 11 is 6.04. The predicted molar refractivity (Wildman–Crippen MR) is 84.6 cm³/mol. The van der Waals surface area contributed by atoms with Crippen LogP contribution in [-0.2, 0) is 6.42 Å². The van der Waals surface area contributed by atoms with Crippen LogP contribution in [0.3, 0.4) is 0 Å². The maximum Gasteiger partial charge on any atom is 0.261 e. The van der Waals surface area contributed by atoms with Crippen molar-refractivity contribution in [1.82, 2.24) is 25.7 Å². The van der Waals surface area contributed by atoms with E-state index in [1.807, 2.05) is 31.3 Å². The Morgan fingerprint density at radius 1 is 1.41 bits per heavy atom. The minimum absolute atomic E-state index is 0.280. The minimum atomic E-state index is 0.280. The summed E-state index contributed by atoms with van der Waals surface area (Å²) in [5.74, 6) is 1.11. The quantitative estimate of drug-likeness (QED) is 0.756. The number of likely N-dealkylation sites (N-methyl/N-ethyl adjacent to an activating group) is 1. The second kappa shape index (κ2) is 6.29. The molecule has 0 saturated heterocycles. The molecular formula is C15H16ClN5O. The fraction of sp³-hybridized carbons (Fsp3) is 0.267. The fourth-order valence-electron chi connectivity index (χ4n) is 2.13. The molecule has 0 radical (unpaired) electrons. The highest BCUT2D eigenvalue weighted by Gasteiger charge is 2.17. The van der Waals surface area contributed by atoms with Crippen molar-refractivity contribution in [1.29, 1.82) is 0 Å². The fourth-order valence-corrected chi connectivity index (χ4v) is 2.32. The van der Waals surface area contributed by atoms with Crippen LogP contribution in [0.25, 0.3) is 22.7 Å². The Hall–Kier alpha value is -2.18. The van der Waals surface area contributed by atoms with Crippen molar-refractivity contribution in [2.24, 2.45) is 0 Å². The van der Waals surface area contributed by atoms with E-state index < -0.39 is 0 Å². The number of aromatic nitrogens is 4. The van der Waals surface area contributed by atoms with Gasteiger partial charge in [0.1, 0.15) is 0 Å². The molecule has 0 amide bonds. The Morgan fingerprint density at radius 3 is 3.05 bits per heavy atom. The molecular weight excluding hydrogens is 302 g/mol. The van der Waals surface area contributed by atoms with E-state index in [0.29, 0.717) is 23.2 Å². The zero-order chi connectivity index (χ0) is 15.5. The lowest BCUT2D eigenvalue weighted by molar-refractivity contribution is 0.418. The first-order valence-electron chi connectivity index (χ1n) is 6.97. The summed E-state index contributed by atoms with van der Waals surface area (Å²) in [6.07, 6.45) is 2.37. The number of H-pyrrole nitrogens is 1. The molecule has 22 heavy (non-hydrogen) atoms. The highest BCUT2D eigenvalue weighted by molar-refractivity contribution is 6.30. The second-order valence-electron chi connectivity index (χ2n) is 5.08. The predicted octanol–water partition coefficient (Wildman–Crippen LogP) is 2.93. The molecule has 0 aliphatic heterocycles. The van der Waals surface area contributed by atoms with Crippen molar-refractivity contribution in [3.63, 3.8) is 0 Å². The molecule has 0 aliphatic rings. The van der Waals surface area contributed by atoms with Crippen LogP contribution >= 0.6 is 11.6 Å². The number of rotatable bonds is 5. The van der Waals surface area contributed by atoms with Gasteiger partial charge in [-0.15, -0.1) is 0 Å². The molecule has 0 fully saturated rings. The molecule has 0 saturated carbocycles. The van der Waals surface area contributed by atoms with E-state index in [9.17, 15) is 0 Å². The smallest absolute Gasteiger partial charge is 0.261 e. The first kappa shape index (κ1) is 14.7. The highest BCUT2D eigenvalue weighted by atomic mass is 35.5. The van der Waals surface area contributed by atoms with Crippen molar-refractivity contribution < 1.29 is 4.52 Å². The summed E-state index contributed by atoms with van der Waals surface area (Å²) in [5, 5.41) is 14.9. The van der Waals surface area contributed by atoms with Crippen LogP contribution in [0, 0.1) is 0 Å². The molecule has 0 bridgehead atoms. The van der Waals surface area contributed by atoms with Crippen LogP contribution < -0.4 is 5.32 Å². The van der Waals surface area contributed by atoms with Crippen LogP contribution in [0.15, 0.2) is 35.0 Å². The molecule has 6 nitrogen and oxygen atoms in total. The Balaban J connectivity index is 1.92. The number of nitrogens with one attached hydrogen (secondary N) is 2. The summed E-state index contributed by atoms with van der Waals surface area (Å²) in [4.78, 5) is 4.44. The number of hydrogen-bond acceptors (Lipinski definition) is 5. The van der Waals surface area contributed by atoms with Crippen molar-refractivity contribution in [3.8, 4) is 22.7 Å². The molecule has 0 spiro atoms. The summed E-state index contributed by atoms with van der Waals surface area (Å²) in [7, 11) is 1.90. The lowest BCUT2D eigenvalue weighted by Gasteiger charge is -2.04. The maximum atomic E-state index is 6.04. The summed E-state index contributed by atoms with van der Waals surface area (Å²) in [6, 6.07) is 7.80. The topological polar surface area (TPSA) is 79.6 Å². The molecule has 3 aromatic rings. The third-order valence-electron chi connectivity index (χ3n) is 3.43. The number of benzene rings is 1. The van der Waals surface area contributed by atoms with Crippen molar-refractivity contribution in [2.75, 3.05) is 7.05 Å². The normalized spacial score (nSPS) is 12.5. The third kappa shape index (κ3) is 3.03. The monoisotopic (exact) mass is 317 g/mol. The van der Waals surface area contributed by atoms with Crippen LogP contribution in [0.2, 0.25) is 5.02 Å². The van der Waals surface area contributed by atoms with Gasteiger partial charge in [0, 0.05) is 23.0 Å². The van der Waals surface area contributed by atoms with E-state index in [2.05, 4.69) is 32.6 Å². The van der Waals surface area contributed by atoms with Gasteiger partial charge >= 0.3 is 0 Å². The molecule has 0 aliphatic carbocycles. The minimum Gasteiger partial charge on any atom is -0.334 e. The molecule has 114 valence electrons. The molecule has 2 aromatic heterocycles. The van der Waals surface area contributed by atoms with Gasteiger partial charge in [-0.05, 0) is 26.1 Å². The van der Waals surface area contributed by atoms with Crippen molar-refractivity contribution in [3.05, 3.63) is 41.3 Å². The van der Waals surface area contributed by atoms with Gasteiger partial charge < -0.3 is 9.84 Å². The standard InChI is InChI=1S/C15H16ClN5O/c1-9(17-2)6-13-19-15(22-21-13)12-8-18-20-14(12)10-4-3-5-11(16)7-10/h3-5,7-9,17H,6H2,1-2H3,(H,18,20). The van der Waals surface area contributed by atoms with Crippen LogP contribution in [0.5, 0.6) is 0 Å². The van der Waals surface area contributed by atoms with Gasteiger partial charge in [-0.25, -0.2) is 0 Å². The van der Waals surface area contributed by atoms with E-state index in [1.54, 1.807) is 6.20 Å². The van der Waals surface area contributed by atoms with Gasteiger partial charge in [0.2, 0.25) is 0 Å². The third-order valence-corrected chi connectivity index (χ3v) is 3.67. The van der Waals surface area contributed by atoms with Crippen LogP contribution in [-0.4, -0.2) is 33.4 Å². The van der Waals surface area contributed by atoms with Gasteiger partial charge in [-0.2, -0.15) is 10.1 Å². The SMILES string of the molecule is CNC(C)Cc1noc(-c2cn[nH]c2-c2cccc(Cl)c2)n1. The summed E-state index contributed by atoms with van der Waals surface area (Å²) in [6.45, 7) is 2.06. The lowest BCUT2D eigenvalue weighted by Crippen LogP contribution is -2.24. The Labute approximate surface area is 132 Å². The molecule has 2 heterocycles. The zero-order valence-corrected chi connectivity index (χ0v) is 13.1. The number of halogens is 1. The van der Waals surface area contributed by atoms with Gasteiger partial charge in [0.25, 0.3) is 5.89 Å². The van der Waals surface area contributed by atoms with E-state index >= 15 is 0 Å². The number of nitrogens with zero attached hydrogens (tertiary/aromatic N) is 3. The van der Waals surface area contributed by atoms with E-state index in [-0.39, 0.29) is 6.04 Å². The molecule has 1 unspecified atom stereocenters. The van der Waals surface area contributed by atoms with Gasteiger partial charge in [0.05, 0.1) is 17.5 Å². The van der Waals surface area contributed by atoms with E-state index in [0.717, 1.165) is 16.8 Å². The molecule has 3 rings (SSSR count). The van der Waals surface area contributed by atoms with E-state index in [1.165, 1.54) is 0 Å². The summed E-state index contributed by atoms with van der Waals surface area (Å²) in [5.41, 5.74) is 2.49. The Kier molecular flexibility index (Phi) is 4.22. The largest absolute Gasteiger partial charge is 0.334 e. The van der Waals surface area contributed by atoms with Crippen LogP contribution in [0.1, 0.15) is 12.7 Å². The molecule has 7 heteroatoms. The Bertz CT molecular complexity index is 767. The zero-order valence-electron chi connectivity index (χ0n) is 12.3. The lowest BCUT2D eigenvalue weighted by atomic mass is 10.1. The Morgan fingerprint density at radius 2 is 2.27 bits per heavy atom. The molecule has 1 atom stereocenters. The van der Waals surface area contributed by atoms with Gasteiger partial charge in [-0.3, -0.25) is 5.10 Å². The van der Waals surface area contributed by atoms with Crippen LogP contribution in [0.4, 0.5) is 0 Å². The van der Waals surface area contributed by atoms with E-state index in [4.69, 9.17) is 16.1 Å². The molecule has 2 N–H and O–H groups in total. The average Bonchev–Trinajstić information content (AvgIpc) is 3.15. The number of hydrogen-bond donors (Lipinski definition) is 2. The van der Waals surface area contributed by atoms with Crippen molar-refractivity contribution >= 4 is 11.6 Å². The molecule has 1 aromatic carbocycles. The average molecular weight is 318 g/mol. The summed E-state index contributed by atoms with van der Waals surface area (Å²) < 4.78 is 5.36. The first-order chi connectivity index (χ1) is 10.7. The maximum absolute atomic E-state index is 6.04. The second-order valence-corrected chi connectivity index (χ2v) is 5.52. The van der Waals surface area contributed by atoms with Crippen molar-refractivity contribution in [2.45, 2.75) is 19.4 Å². The first-order valence-corrected chi connectivity index (χ1v) is 7.34. The van der Waals surface area contributed by atoms with Gasteiger partial charge in [-0.1, -0.05) is 28.9 Å². The highest BCUT2D eigenvalue weighted by Crippen LogP contribution is 2.30. The van der Waals surface area contributed by atoms with Gasteiger partial charge in [0.15, 0.2) is 5.82 Å².